The summed E-state index contributed by atoms with van der Waals surface area (Å²) < 4.78 is 43.5. The molecule has 1 aromatic carbocycles. The standard InChI is InChI=1S/C17H25F3N2O2/c1-3-4-10-24-11-6-9-21-16(23)22-13(2)14-7-5-8-15(12-14)17(18,19)20/h5,7-8,12-13H,3-4,6,9-11H2,1-2H3,(H2,21,22,23). The molecule has 24 heavy (non-hydrogen) atoms. The zero-order valence-electron chi connectivity index (χ0n) is 14.1. The summed E-state index contributed by atoms with van der Waals surface area (Å²) in [5.41, 5.74) is -0.318. The van der Waals surface area contributed by atoms with Crippen molar-refractivity contribution in [3.63, 3.8) is 0 Å². The van der Waals surface area contributed by atoms with Crippen molar-refractivity contribution in [2.75, 3.05) is 19.8 Å². The Morgan fingerprint density at radius 2 is 1.96 bits per heavy atom. The molecule has 0 aliphatic rings. The predicted molar refractivity (Wildman–Crippen MR) is 86.7 cm³/mol. The van der Waals surface area contributed by atoms with Gasteiger partial charge in [-0.15, -0.1) is 0 Å². The fourth-order valence-corrected chi connectivity index (χ4v) is 2.04. The third-order valence-electron chi connectivity index (χ3n) is 3.45. The van der Waals surface area contributed by atoms with Crippen LogP contribution in [0.25, 0.3) is 0 Å². The van der Waals surface area contributed by atoms with Gasteiger partial charge in [0, 0.05) is 19.8 Å². The van der Waals surface area contributed by atoms with Crippen LogP contribution < -0.4 is 10.6 Å². The van der Waals surface area contributed by atoms with Crippen LogP contribution in [0.1, 0.15) is 50.3 Å². The molecule has 1 unspecified atom stereocenters. The second-order valence-corrected chi connectivity index (χ2v) is 5.56. The molecule has 7 heteroatoms. The number of urea groups is 1. The van der Waals surface area contributed by atoms with E-state index in [4.69, 9.17) is 4.74 Å². The summed E-state index contributed by atoms with van der Waals surface area (Å²) in [7, 11) is 0. The monoisotopic (exact) mass is 346 g/mol. The number of halogens is 3. The third kappa shape index (κ3) is 7.68. The zero-order chi connectivity index (χ0) is 18.0. The van der Waals surface area contributed by atoms with E-state index in [9.17, 15) is 18.0 Å². The maximum atomic E-state index is 12.7. The SMILES string of the molecule is CCCCOCCCNC(=O)NC(C)c1cccc(C(F)(F)F)c1. The second kappa shape index (κ2) is 10.2. The Hall–Kier alpha value is -1.76. The number of hydrogen-bond donors (Lipinski definition) is 2. The first-order valence-corrected chi connectivity index (χ1v) is 8.14. The lowest BCUT2D eigenvalue weighted by molar-refractivity contribution is -0.137. The van der Waals surface area contributed by atoms with Gasteiger partial charge in [0.25, 0.3) is 0 Å². The Bertz CT molecular complexity index is 507. The van der Waals surface area contributed by atoms with Gasteiger partial charge in [0.1, 0.15) is 0 Å². The molecule has 0 saturated heterocycles. The number of hydrogen-bond acceptors (Lipinski definition) is 2. The summed E-state index contributed by atoms with van der Waals surface area (Å²) in [5.74, 6) is 0. The molecule has 0 aromatic heterocycles. The van der Waals surface area contributed by atoms with E-state index in [-0.39, 0.29) is 0 Å². The summed E-state index contributed by atoms with van der Waals surface area (Å²) in [6.07, 6.45) is -1.61. The van der Waals surface area contributed by atoms with Gasteiger partial charge in [0.05, 0.1) is 11.6 Å². The van der Waals surface area contributed by atoms with Crippen LogP contribution >= 0.6 is 0 Å². The summed E-state index contributed by atoms with van der Waals surface area (Å²) in [6.45, 7) is 5.47. The third-order valence-corrected chi connectivity index (χ3v) is 3.45. The van der Waals surface area contributed by atoms with Crippen molar-refractivity contribution in [1.82, 2.24) is 10.6 Å². The van der Waals surface area contributed by atoms with E-state index >= 15 is 0 Å². The fourth-order valence-electron chi connectivity index (χ4n) is 2.04. The Morgan fingerprint density at radius 3 is 2.62 bits per heavy atom. The summed E-state index contributed by atoms with van der Waals surface area (Å²) in [4.78, 5) is 11.8. The maximum absolute atomic E-state index is 12.7. The van der Waals surface area contributed by atoms with Crippen LogP contribution in [0.3, 0.4) is 0 Å². The van der Waals surface area contributed by atoms with E-state index in [1.807, 2.05) is 0 Å². The van der Waals surface area contributed by atoms with Crippen molar-refractivity contribution in [1.29, 1.82) is 0 Å². The van der Waals surface area contributed by atoms with Crippen LogP contribution in [0.15, 0.2) is 24.3 Å². The Labute approximate surface area is 140 Å². The molecule has 0 aliphatic carbocycles. The van der Waals surface area contributed by atoms with Crippen molar-refractivity contribution < 1.29 is 22.7 Å². The van der Waals surface area contributed by atoms with Gasteiger partial charge in [-0.1, -0.05) is 25.5 Å². The molecule has 2 amide bonds. The maximum Gasteiger partial charge on any atom is 0.416 e. The summed E-state index contributed by atoms with van der Waals surface area (Å²) >= 11 is 0. The van der Waals surface area contributed by atoms with Gasteiger partial charge in [-0.25, -0.2) is 4.79 Å². The Kier molecular flexibility index (Phi) is 8.60. The predicted octanol–water partition coefficient (Wildman–Crippen LogP) is 4.27. The molecule has 1 rings (SSSR count). The van der Waals surface area contributed by atoms with Crippen LogP contribution in [0.2, 0.25) is 0 Å². The molecule has 4 nitrogen and oxygen atoms in total. The summed E-state index contributed by atoms with van der Waals surface area (Å²) in [6, 6.07) is 4.02. The smallest absolute Gasteiger partial charge is 0.381 e. The second-order valence-electron chi connectivity index (χ2n) is 5.56. The molecule has 0 bridgehead atoms. The average molecular weight is 346 g/mol. The largest absolute Gasteiger partial charge is 0.416 e. The van der Waals surface area contributed by atoms with Crippen molar-refractivity contribution in [2.45, 2.75) is 45.3 Å². The van der Waals surface area contributed by atoms with E-state index in [1.165, 1.54) is 6.07 Å². The van der Waals surface area contributed by atoms with Crippen LogP contribution in [-0.4, -0.2) is 25.8 Å². The Morgan fingerprint density at radius 1 is 1.25 bits per heavy atom. The van der Waals surface area contributed by atoms with Gasteiger partial charge in [0.2, 0.25) is 0 Å². The molecule has 1 atom stereocenters. The number of nitrogens with one attached hydrogen (secondary N) is 2. The number of carbonyl (C=O) groups is 1. The molecule has 0 fully saturated rings. The van der Waals surface area contributed by atoms with Crippen LogP contribution in [0.5, 0.6) is 0 Å². The highest BCUT2D eigenvalue weighted by Gasteiger charge is 2.30. The minimum atomic E-state index is -4.39. The van der Waals surface area contributed by atoms with Gasteiger partial charge in [-0.3, -0.25) is 0 Å². The highest BCUT2D eigenvalue weighted by atomic mass is 19.4. The fraction of sp³-hybridized carbons (Fsp3) is 0.588. The van der Waals surface area contributed by atoms with Gasteiger partial charge >= 0.3 is 12.2 Å². The number of carbonyl (C=O) groups excluding carboxylic acids is 1. The first-order chi connectivity index (χ1) is 11.3. The quantitative estimate of drug-likeness (QED) is 0.656. The Balaban J connectivity index is 2.34. The topological polar surface area (TPSA) is 50.4 Å². The van der Waals surface area contributed by atoms with Crippen LogP contribution in [-0.2, 0) is 10.9 Å². The van der Waals surface area contributed by atoms with Gasteiger partial charge < -0.3 is 15.4 Å². The number of amides is 2. The first kappa shape index (κ1) is 20.3. The number of alkyl halides is 3. The average Bonchev–Trinajstić information content (AvgIpc) is 2.53. The van der Waals surface area contributed by atoms with E-state index in [1.54, 1.807) is 13.0 Å². The van der Waals surface area contributed by atoms with Crippen molar-refractivity contribution in [3.8, 4) is 0 Å². The van der Waals surface area contributed by atoms with Gasteiger partial charge in [0.15, 0.2) is 0 Å². The lowest BCUT2D eigenvalue weighted by Gasteiger charge is -2.16. The molecule has 0 radical (unpaired) electrons. The highest BCUT2D eigenvalue weighted by Crippen LogP contribution is 2.30. The molecule has 0 spiro atoms. The first-order valence-electron chi connectivity index (χ1n) is 8.14. The molecular formula is C17H25F3N2O2. The van der Waals surface area contributed by atoms with E-state index in [2.05, 4.69) is 17.6 Å². The minimum Gasteiger partial charge on any atom is -0.381 e. The number of unbranched alkanes of at least 4 members (excludes halogenated alkanes) is 1. The van der Waals surface area contributed by atoms with Gasteiger partial charge in [-0.2, -0.15) is 13.2 Å². The highest BCUT2D eigenvalue weighted by molar-refractivity contribution is 5.74. The van der Waals surface area contributed by atoms with Gasteiger partial charge in [-0.05, 0) is 37.5 Å². The van der Waals surface area contributed by atoms with Crippen molar-refractivity contribution in [3.05, 3.63) is 35.4 Å². The zero-order valence-corrected chi connectivity index (χ0v) is 14.1. The van der Waals surface area contributed by atoms with Crippen LogP contribution in [0, 0.1) is 0 Å². The number of ether oxygens (including phenoxy) is 1. The molecule has 0 aliphatic heterocycles. The normalized spacial score (nSPS) is 12.7. The van der Waals surface area contributed by atoms with E-state index < -0.39 is 23.8 Å². The number of benzene rings is 1. The summed E-state index contributed by atoms with van der Waals surface area (Å²) in [5, 5.41) is 5.29. The van der Waals surface area contributed by atoms with E-state index in [0.29, 0.717) is 25.1 Å². The molecular weight excluding hydrogens is 321 g/mol. The van der Waals surface area contributed by atoms with Crippen LogP contribution in [0.4, 0.5) is 18.0 Å². The minimum absolute atomic E-state index is 0.405. The van der Waals surface area contributed by atoms with Crippen molar-refractivity contribution >= 4 is 6.03 Å². The lowest BCUT2D eigenvalue weighted by atomic mass is 10.1. The van der Waals surface area contributed by atoms with E-state index in [0.717, 1.165) is 31.6 Å². The molecule has 1 aromatic rings. The molecule has 2 N–H and O–H groups in total. The van der Waals surface area contributed by atoms with Crippen molar-refractivity contribution in [2.24, 2.45) is 0 Å². The lowest BCUT2D eigenvalue weighted by Crippen LogP contribution is -2.37. The molecule has 136 valence electrons. The molecule has 0 heterocycles. The molecule has 0 saturated carbocycles. The number of rotatable bonds is 9.